The minimum Gasteiger partial charge on any atom is -0.308 e. The number of benzene rings is 1. The summed E-state index contributed by atoms with van der Waals surface area (Å²) in [4.78, 5) is 1.15. The van der Waals surface area contributed by atoms with Crippen LogP contribution < -0.4 is 0 Å². The zero-order chi connectivity index (χ0) is 8.10. The van der Waals surface area contributed by atoms with Crippen molar-refractivity contribution >= 4 is 12.0 Å². The van der Waals surface area contributed by atoms with Crippen LogP contribution in [0.2, 0.25) is 0 Å². The Morgan fingerprint density at radius 3 is 2.36 bits per heavy atom. The maximum absolute atomic E-state index is 5.34. The van der Waals surface area contributed by atoms with Crippen LogP contribution in [-0.2, 0) is 4.18 Å². The van der Waals surface area contributed by atoms with Crippen LogP contribution in [0.3, 0.4) is 0 Å². The topological polar surface area (TPSA) is 9.23 Å². The minimum absolute atomic E-state index is 0.278. The smallest absolute Gasteiger partial charge is 0.0670 e. The first kappa shape index (κ1) is 8.62. The van der Waals surface area contributed by atoms with E-state index in [-0.39, 0.29) is 6.10 Å². The van der Waals surface area contributed by atoms with Crippen LogP contribution in [-0.4, -0.2) is 6.10 Å². The van der Waals surface area contributed by atoms with Gasteiger partial charge in [0.15, 0.2) is 0 Å². The SMILES string of the molecule is CC(C)OSc1ccccc1. The van der Waals surface area contributed by atoms with Gasteiger partial charge in [0.25, 0.3) is 0 Å². The summed E-state index contributed by atoms with van der Waals surface area (Å²) in [5, 5.41) is 0. The average Bonchev–Trinajstić information content (AvgIpc) is 2.03. The summed E-state index contributed by atoms with van der Waals surface area (Å²) < 4.78 is 5.34. The molecular formula is C9H12OS. The molecule has 0 saturated carbocycles. The van der Waals surface area contributed by atoms with Gasteiger partial charge >= 0.3 is 0 Å². The summed E-state index contributed by atoms with van der Waals surface area (Å²) in [5.74, 6) is 0. The van der Waals surface area contributed by atoms with Crippen LogP contribution in [0.5, 0.6) is 0 Å². The fourth-order valence-corrected chi connectivity index (χ4v) is 1.20. The van der Waals surface area contributed by atoms with Gasteiger partial charge < -0.3 is 4.18 Å². The predicted molar refractivity (Wildman–Crippen MR) is 48.5 cm³/mol. The maximum atomic E-state index is 5.34. The van der Waals surface area contributed by atoms with Gasteiger partial charge in [0.1, 0.15) is 0 Å². The molecule has 11 heavy (non-hydrogen) atoms. The standard InChI is InChI=1S/C9H12OS/c1-8(2)10-11-9-6-4-3-5-7-9/h3-8H,1-2H3. The summed E-state index contributed by atoms with van der Waals surface area (Å²) in [6.07, 6.45) is 0.278. The van der Waals surface area contributed by atoms with Crippen molar-refractivity contribution in [3.8, 4) is 0 Å². The molecule has 0 radical (unpaired) electrons. The first-order chi connectivity index (χ1) is 5.29. The zero-order valence-corrected chi connectivity index (χ0v) is 7.60. The summed E-state index contributed by atoms with van der Waals surface area (Å²) in [5.41, 5.74) is 0. The average molecular weight is 168 g/mol. The predicted octanol–water partition coefficient (Wildman–Crippen LogP) is 3.12. The van der Waals surface area contributed by atoms with Gasteiger partial charge in [-0.25, -0.2) is 0 Å². The Balaban J connectivity index is 2.39. The van der Waals surface area contributed by atoms with Crippen LogP contribution in [0.25, 0.3) is 0 Å². The molecule has 1 rings (SSSR count). The summed E-state index contributed by atoms with van der Waals surface area (Å²) in [7, 11) is 0. The molecule has 0 amide bonds. The maximum Gasteiger partial charge on any atom is 0.0670 e. The molecule has 0 aromatic heterocycles. The molecule has 0 unspecified atom stereocenters. The van der Waals surface area contributed by atoms with Gasteiger partial charge in [-0.15, -0.1) is 0 Å². The highest BCUT2D eigenvalue weighted by atomic mass is 32.2. The molecule has 0 spiro atoms. The van der Waals surface area contributed by atoms with Crippen molar-refractivity contribution < 1.29 is 4.18 Å². The van der Waals surface area contributed by atoms with Crippen molar-refractivity contribution in [2.75, 3.05) is 0 Å². The van der Waals surface area contributed by atoms with Crippen molar-refractivity contribution in [2.24, 2.45) is 0 Å². The van der Waals surface area contributed by atoms with E-state index in [1.165, 1.54) is 12.0 Å². The van der Waals surface area contributed by atoms with Gasteiger partial charge in [0, 0.05) is 16.9 Å². The lowest BCUT2D eigenvalue weighted by atomic mass is 10.4. The Morgan fingerprint density at radius 1 is 1.18 bits per heavy atom. The van der Waals surface area contributed by atoms with Crippen LogP contribution in [0.15, 0.2) is 35.2 Å². The van der Waals surface area contributed by atoms with Gasteiger partial charge in [0.05, 0.1) is 6.10 Å². The molecule has 60 valence electrons. The zero-order valence-electron chi connectivity index (χ0n) is 6.78. The molecule has 0 fully saturated rings. The molecule has 0 aliphatic carbocycles. The largest absolute Gasteiger partial charge is 0.308 e. The highest BCUT2D eigenvalue weighted by Gasteiger charge is 1.95. The van der Waals surface area contributed by atoms with E-state index in [2.05, 4.69) is 0 Å². The Bertz CT molecular complexity index is 196. The van der Waals surface area contributed by atoms with E-state index in [0.29, 0.717) is 0 Å². The molecule has 0 atom stereocenters. The Kier molecular flexibility index (Phi) is 3.46. The van der Waals surface area contributed by atoms with Crippen LogP contribution in [0.4, 0.5) is 0 Å². The molecule has 0 saturated heterocycles. The minimum atomic E-state index is 0.278. The summed E-state index contributed by atoms with van der Waals surface area (Å²) in [6, 6.07) is 10.1. The van der Waals surface area contributed by atoms with E-state index < -0.39 is 0 Å². The first-order valence-electron chi connectivity index (χ1n) is 3.67. The quantitative estimate of drug-likeness (QED) is 0.641. The van der Waals surface area contributed by atoms with Crippen molar-refractivity contribution in [1.29, 1.82) is 0 Å². The normalized spacial score (nSPS) is 10.5. The second-order valence-corrected chi connectivity index (χ2v) is 3.37. The molecular weight excluding hydrogens is 156 g/mol. The Hall–Kier alpha value is -0.470. The molecule has 0 aliphatic rings. The van der Waals surface area contributed by atoms with Crippen LogP contribution in [0.1, 0.15) is 13.8 Å². The first-order valence-corrected chi connectivity index (χ1v) is 4.41. The highest BCUT2D eigenvalue weighted by Crippen LogP contribution is 2.19. The van der Waals surface area contributed by atoms with E-state index in [0.717, 1.165) is 4.90 Å². The van der Waals surface area contributed by atoms with Gasteiger partial charge in [-0.2, -0.15) is 0 Å². The van der Waals surface area contributed by atoms with E-state index in [4.69, 9.17) is 4.18 Å². The van der Waals surface area contributed by atoms with E-state index in [9.17, 15) is 0 Å². The fraction of sp³-hybridized carbons (Fsp3) is 0.333. The molecule has 2 heteroatoms. The van der Waals surface area contributed by atoms with Gasteiger partial charge in [0.2, 0.25) is 0 Å². The van der Waals surface area contributed by atoms with Crippen molar-refractivity contribution in [3.63, 3.8) is 0 Å². The molecule has 0 aliphatic heterocycles. The van der Waals surface area contributed by atoms with E-state index in [1.807, 2.05) is 44.2 Å². The van der Waals surface area contributed by atoms with Crippen molar-refractivity contribution in [1.82, 2.24) is 0 Å². The lowest BCUT2D eigenvalue weighted by Gasteiger charge is -2.04. The third-order valence-electron chi connectivity index (χ3n) is 1.08. The monoisotopic (exact) mass is 168 g/mol. The molecule has 1 nitrogen and oxygen atoms in total. The summed E-state index contributed by atoms with van der Waals surface area (Å²) >= 11 is 1.43. The molecule has 0 bridgehead atoms. The lowest BCUT2D eigenvalue weighted by Crippen LogP contribution is -1.93. The Labute approximate surface area is 72.0 Å². The molecule has 0 N–H and O–H groups in total. The molecule has 1 aromatic carbocycles. The highest BCUT2D eigenvalue weighted by molar-refractivity contribution is 7.94. The van der Waals surface area contributed by atoms with Crippen molar-refractivity contribution in [2.45, 2.75) is 24.8 Å². The second-order valence-electron chi connectivity index (χ2n) is 2.54. The van der Waals surface area contributed by atoms with Gasteiger partial charge in [-0.1, -0.05) is 18.2 Å². The van der Waals surface area contributed by atoms with E-state index >= 15 is 0 Å². The number of hydrogen-bond donors (Lipinski definition) is 0. The molecule has 0 heterocycles. The van der Waals surface area contributed by atoms with Crippen LogP contribution >= 0.6 is 12.0 Å². The molecule has 1 aromatic rings. The van der Waals surface area contributed by atoms with Gasteiger partial charge in [-0.3, -0.25) is 0 Å². The Morgan fingerprint density at radius 2 is 1.82 bits per heavy atom. The third kappa shape index (κ3) is 3.44. The van der Waals surface area contributed by atoms with Crippen LogP contribution in [0, 0.1) is 0 Å². The fourth-order valence-electron chi connectivity index (χ4n) is 0.628. The second kappa shape index (κ2) is 4.42. The summed E-state index contributed by atoms with van der Waals surface area (Å²) in [6.45, 7) is 4.05. The van der Waals surface area contributed by atoms with E-state index in [1.54, 1.807) is 0 Å². The van der Waals surface area contributed by atoms with Gasteiger partial charge in [-0.05, 0) is 26.0 Å². The number of hydrogen-bond acceptors (Lipinski definition) is 2. The lowest BCUT2D eigenvalue weighted by molar-refractivity contribution is 0.289. The third-order valence-corrected chi connectivity index (χ3v) is 2.03. The number of rotatable bonds is 3. The van der Waals surface area contributed by atoms with Crippen molar-refractivity contribution in [3.05, 3.63) is 30.3 Å².